The lowest BCUT2D eigenvalue weighted by Crippen LogP contribution is -2.23. The van der Waals surface area contributed by atoms with E-state index in [0.29, 0.717) is 13.1 Å². The Kier molecular flexibility index (Phi) is 8.09. The van der Waals surface area contributed by atoms with Crippen molar-refractivity contribution < 1.29 is 9.53 Å². The number of benzene rings is 1. The largest absolute Gasteiger partial charge is 0.497 e. The zero-order chi connectivity index (χ0) is 15.9. The van der Waals surface area contributed by atoms with E-state index < -0.39 is 0 Å². The van der Waals surface area contributed by atoms with Gasteiger partial charge in [-0.3, -0.25) is 4.79 Å². The molecule has 23 heavy (non-hydrogen) atoms. The number of aryl methyl sites for hydroxylation is 1. The highest BCUT2D eigenvalue weighted by Crippen LogP contribution is 2.31. The molecular weight excluding hydrogens is 332 g/mol. The van der Waals surface area contributed by atoms with Gasteiger partial charge in [-0.2, -0.15) is 0 Å². The molecule has 0 aliphatic rings. The predicted octanol–water partition coefficient (Wildman–Crippen LogP) is 3.62. The fourth-order valence-electron chi connectivity index (χ4n) is 2.21. The monoisotopic (exact) mass is 354 g/mol. The molecule has 2 rings (SSSR count). The minimum Gasteiger partial charge on any atom is -0.497 e. The second-order valence-electron chi connectivity index (χ2n) is 5.06. The van der Waals surface area contributed by atoms with Crippen molar-refractivity contribution in [3.05, 3.63) is 40.1 Å². The number of nitrogens with one attached hydrogen (secondary N) is 1. The van der Waals surface area contributed by atoms with Crippen LogP contribution in [-0.4, -0.2) is 26.1 Å². The molecule has 0 aliphatic heterocycles. The van der Waals surface area contributed by atoms with E-state index in [-0.39, 0.29) is 18.3 Å². The maximum atomic E-state index is 12.2. The Balaban J connectivity index is 0.00000264. The van der Waals surface area contributed by atoms with Crippen LogP contribution in [0.15, 0.2) is 30.3 Å². The molecule has 2 aromatic rings. The van der Waals surface area contributed by atoms with Gasteiger partial charge in [0.25, 0.3) is 5.91 Å². The zero-order valence-corrected chi connectivity index (χ0v) is 15.1. The van der Waals surface area contributed by atoms with Crippen molar-refractivity contribution in [1.29, 1.82) is 0 Å². The van der Waals surface area contributed by atoms with Crippen molar-refractivity contribution in [2.45, 2.75) is 19.8 Å². The second kappa shape index (κ2) is 9.55. The molecule has 126 valence electrons. The number of hydrogen-bond donors (Lipinski definition) is 2. The van der Waals surface area contributed by atoms with E-state index in [2.05, 4.69) is 5.32 Å². The SMILES string of the molecule is COc1ccc(-c2cc(C(=O)NCCCCN)sc2C)cc1.Cl. The van der Waals surface area contributed by atoms with Crippen molar-refractivity contribution in [1.82, 2.24) is 5.32 Å². The van der Waals surface area contributed by atoms with E-state index in [1.807, 2.05) is 37.3 Å². The van der Waals surface area contributed by atoms with Crippen LogP contribution in [0, 0.1) is 6.92 Å². The standard InChI is InChI=1S/C17H22N2O2S.ClH/c1-12-15(13-5-7-14(21-2)8-6-13)11-16(22-12)17(20)19-10-4-3-9-18;/h5-8,11H,3-4,9-10,18H2,1-2H3,(H,19,20);1H. The van der Waals surface area contributed by atoms with Gasteiger partial charge in [-0.25, -0.2) is 0 Å². The molecule has 0 aliphatic carbocycles. The van der Waals surface area contributed by atoms with Gasteiger partial charge in [0.1, 0.15) is 5.75 Å². The van der Waals surface area contributed by atoms with E-state index in [4.69, 9.17) is 10.5 Å². The molecule has 0 fully saturated rings. The number of methoxy groups -OCH3 is 1. The Morgan fingerprint density at radius 2 is 1.96 bits per heavy atom. The molecule has 0 saturated carbocycles. The smallest absolute Gasteiger partial charge is 0.261 e. The van der Waals surface area contributed by atoms with Crippen molar-refractivity contribution >= 4 is 29.7 Å². The second-order valence-corrected chi connectivity index (χ2v) is 6.32. The summed E-state index contributed by atoms with van der Waals surface area (Å²) in [7, 11) is 1.65. The Hall–Kier alpha value is -1.56. The molecule has 0 unspecified atom stereocenters. The van der Waals surface area contributed by atoms with Crippen molar-refractivity contribution in [3.63, 3.8) is 0 Å². The Morgan fingerprint density at radius 1 is 1.26 bits per heavy atom. The first kappa shape index (κ1) is 19.5. The maximum absolute atomic E-state index is 12.2. The molecule has 1 aromatic carbocycles. The zero-order valence-electron chi connectivity index (χ0n) is 13.4. The quantitative estimate of drug-likeness (QED) is 0.746. The first-order valence-corrected chi connectivity index (χ1v) is 8.20. The van der Waals surface area contributed by atoms with Crippen LogP contribution in [0.3, 0.4) is 0 Å². The average molecular weight is 355 g/mol. The van der Waals surface area contributed by atoms with Gasteiger partial charge >= 0.3 is 0 Å². The van der Waals surface area contributed by atoms with Gasteiger partial charge in [0.2, 0.25) is 0 Å². The highest BCUT2D eigenvalue weighted by molar-refractivity contribution is 7.14. The molecular formula is C17H23ClN2O2S. The van der Waals surface area contributed by atoms with Crippen LogP contribution in [0.4, 0.5) is 0 Å². The number of hydrogen-bond acceptors (Lipinski definition) is 4. The van der Waals surface area contributed by atoms with Crippen LogP contribution in [0.5, 0.6) is 5.75 Å². The number of halogens is 1. The Bertz CT molecular complexity index is 626. The molecule has 3 N–H and O–H groups in total. The molecule has 0 atom stereocenters. The predicted molar refractivity (Wildman–Crippen MR) is 98.9 cm³/mol. The number of carbonyl (C=O) groups is 1. The molecule has 1 heterocycles. The number of thiophene rings is 1. The number of unbranched alkanes of at least 4 members (excludes halogenated alkanes) is 1. The van der Waals surface area contributed by atoms with Crippen LogP contribution in [0.1, 0.15) is 27.4 Å². The summed E-state index contributed by atoms with van der Waals surface area (Å²) in [6, 6.07) is 9.84. The minimum atomic E-state index is -0.00937. The molecule has 1 amide bonds. The van der Waals surface area contributed by atoms with Crippen LogP contribution in [0.2, 0.25) is 0 Å². The molecule has 0 spiro atoms. The van der Waals surface area contributed by atoms with Crippen LogP contribution in [0.25, 0.3) is 11.1 Å². The number of rotatable bonds is 7. The third-order valence-electron chi connectivity index (χ3n) is 3.46. The third-order valence-corrected chi connectivity index (χ3v) is 4.51. The summed E-state index contributed by atoms with van der Waals surface area (Å²) in [6.07, 6.45) is 1.85. The van der Waals surface area contributed by atoms with Gasteiger partial charge in [-0.15, -0.1) is 23.7 Å². The van der Waals surface area contributed by atoms with Gasteiger partial charge in [0.15, 0.2) is 0 Å². The lowest BCUT2D eigenvalue weighted by atomic mass is 10.1. The van der Waals surface area contributed by atoms with E-state index in [9.17, 15) is 4.79 Å². The lowest BCUT2D eigenvalue weighted by molar-refractivity contribution is 0.0957. The van der Waals surface area contributed by atoms with Crippen molar-refractivity contribution in [2.75, 3.05) is 20.2 Å². The summed E-state index contributed by atoms with van der Waals surface area (Å²) in [5.41, 5.74) is 7.64. The van der Waals surface area contributed by atoms with E-state index in [0.717, 1.165) is 39.5 Å². The first-order valence-electron chi connectivity index (χ1n) is 7.39. The molecule has 0 radical (unpaired) electrons. The van der Waals surface area contributed by atoms with Crippen molar-refractivity contribution in [2.24, 2.45) is 5.73 Å². The molecule has 6 heteroatoms. The van der Waals surface area contributed by atoms with Gasteiger partial charge in [-0.1, -0.05) is 12.1 Å². The normalized spacial score (nSPS) is 10.0. The van der Waals surface area contributed by atoms with Gasteiger partial charge in [0.05, 0.1) is 12.0 Å². The average Bonchev–Trinajstić information content (AvgIpc) is 2.93. The van der Waals surface area contributed by atoms with Gasteiger partial charge < -0.3 is 15.8 Å². The lowest BCUT2D eigenvalue weighted by Gasteiger charge is -2.03. The third kappa shape index (κ3) is 5.23. The first-order chi connectivity index (χ1) is 10.7. The van der Waals surface area contributed by atoms with E-state index in [1.165, 1.54) is 11.3 Å². The fraction of sp³-hybridized carbons (Fsp3) is 0.353. The van der Waals surface area contributed by atoms with E-state index in [1.54, 1.807) is 7.11 Å². The van der Waals surface area contributed by atoms with Gasteiger partial charge in [-0.05, 0) is 55.6 Å². The molecule has 0 bridgehead atoms. The topological polar surface area (TPSA) is 64.3 Å². The number of ether oxygens (including phenoxy) is 1. The fourth-order valence-corrected chi connectivity index (χ4v) is 3.17. The van der Waals surface area contributed by atoms with Crippen LogP contribution < -0.4 is 15.8 Å². The van der Waals surface area contributed by atoms with Crippen molar-refractivity contribution in [3.8, 4) is 16.9 Å². The molecule has 0 saturated heterocycles. The van der Waals surface area contributed by atoms with E-state index >= 15 is 0 Å². The van der Waals surface area contributed by atoms with Crippen LogP contribution in [-0.2, 0) is 0 Å². The minimum absolute atomic E-state index is 0. The Morgan fingerprint density at radius 3 is 2.57 bits per heavy atom. The number of amides is 1. The highest BCUT2D eigenvalue weighted by atomic mass is 35.5. The number of carbonyl (C=O) groups excluding carboxylic acids is 1. The van der Waals surface area contributed by atoms with Crippen LogP contribution >= 0.6 is 23.7 Å². The molecule has 1 aromatic heterocycles. The summed E-state index contributed by atoms with van der Waals surface area (Å²) in [5, 5.41) is 2.94. The number of nitrogens with two attached hydrogens (primary N) is 1. The summed E-state index contributed by atoms with van der Waals surface area (Å²) < 4.78 is 5.17. The van der Waals surface area contributed by atoms with Gasteiger partial charge in [0, 0.05) is 11.4 Å². The summed E-state index contributed by atoms with van der Waals surface area (Å²) in [6.45, 7) is 3.37. The molecule has 4 nitrogen and oxygen atoms in total. The Labute approximate surface area is 147 Å². The maximum Gasteiger partial charge on any atom is 0.261 e. The summed E-state index contributed by atoms with van der Waals surface area (Å²) in [5.74, 6) is 0.819. The highest BCUT2D eigenvalue weighted by Gasteiger charge is 2.13. The summed E-state index contributed by atoms with van der Waals surface area (Å²) >= 11 is 1.52. The summed E-state index contributed by atoms with van der Waals surface area (Å²) in [4.78, 5) is 14.0.